The van der Waals surface area contributed by atoms with E-state index < -0.39 is 0 Å². The molecule has 21 heavy (non-hydrogen) atoms. The molecule has 3 aromatic rings. The number of halogens is 2. The van der Waals surface area contributed by atoms with Gasteiger partial charge in [0.1, 0.15) is 17.7 Å². The Hall–Kier alpha value is -2.45. The molecule has 0 atom stereocenters. The van der Waals surface area contributed by atoms with E-state index in [1.807, 2.05) is 24.3 Å². The molecule has 0 amide bonds. The minimum atomic E-state index is -0.339. The summed E-state index contributed by atoms with van der Waals surface area (Å²) in [6.07, 6.45) is 1.67. The summed E-state index contributed by atoms with van der Waals surface area (Å²) in [7, 11) is 0. The summed E-state index contributed by atoms with van der Waals surface area (Å²) in [6, 6.07) is 14.3. The maximum Gasteiger partial charge on any atom is 0.149 e. The third-order valence-corrected chi connectivity index (χ3v) is 3.63. The number of fused-ring (bicyclic) bond motifs is 1. The van der Waals surface area contributed by atoms with Gasteiger partial charge in [-0.25, -0.2) is 9.37 Å². The number of rotatable bonds is 2. The van der Waals surface area contributed by atoms with Gasteiger partial charge in [0.25, 0.3) is 0 Å². The monoisotopic (exact) mass is 341 g/mol. The van der Waals surface area contributed by atoms with Gasteiger partial charge in [-0.1, -0.05) is 18.2 Å². The van der Waals surface area contributed by atoms with E-state index in [-0.39, 0.29) is 5.82 Å². The quantitative estimate of drug-likeness (QED) is 0.696. The molecule has 0 radical (unpaired) electrons. The van der Waals surface area contributed by atoms with Crippen LogP contribution in [0.5, 0.6) is 0 Å². The van der Waals surface area contributed by atoms with Crippen molar-refractivity contribution in [1.82, 2.24) is 9.97 Å². The number of aromatic amines is 1. The molecule has 2 aromatic carbocycles. The molecule has 0 spiro atoms. The number of hydrogen-bond donors (Lipinski definition) is 1. The normalized spacial score (nSPS) is 11.6. The van der Waals surface area contributed by atoms with E-state index >= 15 is 0 Å². The van der Waals surface area contributed by atoms with Crippen LogP contribution < -0.4 is 0 Å². The summed E-state index contributed by atoms with van der Waals surface area (Å²) in [5.41, 5.74) is 2.79. The maximum atomic E-state index is 13.2. The van der Waals surface area contributed by atoms with Gasteiger partial charge in [0, 0.05) is 0 Å². The molecule has 1 heterocycles. The van der Waals surface area contributed by atoms with Crippen molar-refractivity contribution in [3.63, 3.8) is 0 Å². The predicted molar refractivity (Wildman–Crippen MR) is 83.7 cm³/mol. The molecule has 3 nitrogen and oxygen atoms in total. The number of benzene rings is 2. The Kier molecular flexibility index (Phi) is 3.55. The third kappa shape index (κ3) is 2.71. The SMILES string of the molecule is N#C/C(=C\c1ccc(F)c(Br)c1)c1nc2ccccc2[nH]1. The predicted octanol–water partition coefficient (Wildman–Crippen LogP) is 4.53. The first-order chi connectivity index (χ1) is 10.2. The summed E-state index contributed by atoms with van der Waals surface area (Å²) < 4.78 is 13.6. The van der Waals surface area contributed by atoms with Crippen molar-refractivity contribution < 1.29 is 4.39 Å². The van der Waals surface area contributed by atoms with Gasteiger partial charge in [0.2, 0.25) is 0 Å². The van der Waals surface area contributed by atoms with E-state index in [1.54, 1.807) is 18.2 Å². The smallest absolute Gasteiger partial charge is 0.149 e. The van der Waals surface area contributed by atoms with E-state index in [0.29, 0.717) is 15.9 Å². The second-order valence-electron chi connectivity index (χ2n) is 4.45. The van der Waals surface area contributed by atoms with Crippen LogP contribution in [-0.2, 0) is 0 Å². The van der Waals surface area contributed by atoms with E-state index in [9.17, 15) is 9.65 Å². The van der Waals surface area contributed by atoms with E-state index in [1.165, 1.54) is 6.07 Å². The summed E-state index contributed by atoms with van der Waals surface area (Å²) in [4.78, 5) is 7.49. The highest BCUT2D eigenvalue weighted by atomic mass is 79.9. The van der Waals surface area contributed by atoms with Gasteiger partial charge in [-0.05, 0) is 51.8 Å². The van der Waals surface area contributed by atoms with Crippen molar-refractivity contribution in [2.75, 3.05) is 0 Å². The molecule has 0 saturated heterocycles. The van der Waals surface area contributed by atoms with Gasteiger partial charge in [-0.15, -0.1) is 0 Å². The number of nitrogens with one attached hydrogen (secondary N) is 1. The van der Waals surface area contributed by atoms with Crippen LogP contribution in [0.4, 0.5) is 4.39 Å². The molecule has 0 bridgehead atoms. The number of nitrogens with zero attached hydrogens (tertiary/aromatic N) is 2. The summed E-state index contributed by atoms with van der Waals surface area (Å²) in [5.74, 6) is 0.161. The Morgan fingerprint density at radius 2 is 2.10 bits per heavy atom. The van der Waals surface area contributed by atoms with Gasteiger partial charge in [-0.2, -0.15) is 5.26 Å². The number of H-pyrrole nitrogens is 1. The molecule has 3 rings (SSSR count). The lowest BCUT2D eigenvalue weighted by Gasteiger charge is -1.98. The van der Waals surface area contributed by atoms with E-state index in [2.05, 4.69) is 32.0 Å². The van der Waals surface area contributed by atoms with Crippen molar-refractivity contribution in [2.24, 2.45) is 0 Å². The topological polar surface area (TPSA) is 52.5 Å². The minimum absolute atomic E-state index is 0.339. The fourth-order valence-corrected chi connectivity index (χ4v) is 2.40. The van der Waals surface area contributed by atoms with Crippen molar-refractivity contribution >= 4 is 38.6 Å². The number of hydrogen-bond acceptors (Lipinski definition) is 2. The highest BCUT2D eigenvalue weighted by Gasteiger charge is 2.08. The Morgan fingerprint density at radius 1 is 1.29 bits per heavy atom. The largest absolute Gasteiger partial charge is 0.337 e. The Balaban J connectivity index is 2.06. The van der Waals surface area contributed by atoms with Crippen LogP contribution in [0, 0.1) is 17.1 Å². The Morgan fingerprint density at radius 3 is 2.81 bits per heavy atom. The van der Waals surface area contributed by atoms with Crippen molar-refractivity contribution in [1.29, 1.82) is 5.26 Å². The summed E-state index contributed by atoms with van der Waals surface area (Å²) >= 11 is 3.13. The zero-order valence-corrected chi connectivity index (χ0v) is 12.4. The first-order valence-corrected chi connectivity index (χ1v) is 6.98. The average Bonchev–Trinajstić information content (AvgIpc) is 2.92. The van der Waals surface area contributed by atoms with Gasteiger partial charge < -0.3 is 4.98 Å². The fraction of sp³-hybridized carbons (Fsp3) is 0. The molecular formula is C16H9BrFN3. The fourth-order valence-electron chi connectivity index (χ4n) is 2.00. The minimum Gasteiger partial charge on any atom is -0.337 e. The first kappa shape index (κ1) is 13.5. The van der Waals surface area contributed by atoms with Gasteiger partial charge >= 0.3 is 0 Å². The third-order valence-electron chi connectivity index (χ3n) is 3.02. The number of para-hydroxylation sites is 2. The lowest BCUT2D eigenvalue weighted by Crippen LogP contribution is -1.86. The van der Waals surface area contributed by atoms with Gasteiger partial charge in [0.15, 0.2) is 0 Å². The zero-order valence-electron chi connectivity index (χ0n) is 10.8. The van der Waals surface area contributed by atoms with Gasteiger partial charge in [0.05, 0.1) is 21.1 Å². The van der Waals surface area contributed by atoms with Crippen LogP contribution in [0.3, 0.4) is 0 Å². The van der Waals surface area contributed by atoms with Crippen LogP contribution in [0.2, 0.25) is 0 Å². The molecule has 0 saturated carbocycles. The maximum absolute atomic E-state index is 13.2. The molecule has 0 aliphatic rings. The van der Waals surface area contributed by atoms with E-state index in [4.69, 9.17) is 0 Å². The number of aromatic nitrogens is 2. The van der Waals surface area contributed by atoms with Crippen LogP contribution in [0.15, 0.2) is 46.9 Å². The second-order valence-corrected chi connectivity index (χ2v) is 5.30. The van der Waals surface area contributed by atoms with Crippen molar-refractivity contribution in [3.8, 4) is 6.07 Å². The highest BCUT2D eigenvalue weighted by molar-refractivity contribution is 9.10. The summed E-state index contributed by atoms with van der Waals surface area (Å²) in [6.45, 7) is 0. The summed E-state index contributed by atoms with van der Waals surface area (Å²) in [5, 5.41) is 9.33. The molecule has 1 aromatic heterocycles. The van der Waals surface area contributed by atoms with Crippen LogP contribution in [-0.4, -0.2) is 9.97 Å². The van der Waals surface area contributed by atoms with Crippen LogP contribution in [0.25, 0.3) is 22.7 Å². The lowest BCUT2D eigenvalue weighted by molar-refractivity contribution is 0.621. The number of allylic oxidation sites excluding steroid dienone is 1. The standard InChI is InChI=1S/C16H9BrFN3/c17-12-8-10(5-6-13(12)18)7-11(9-19)16-20-14-3-1-2-4-15(14)21-16/h1-8H,(H,20,21)/b11-7+. The number of imidazole rings is 1. The Labute approximate surface area is 128 Å². The van der Waals surface area contributed by atoms with Crippen LogP contribution in [0.1, 0.15) is 11.4 Å². The molecule has 5 heteroatoms. The highest BCUT2D eigenvalue weighted by Crippen LogP contribution is 2.22. The zero-order chi connectivity index (χ0) is 14.8. The molecule has 0 aliphatic carbocycles. The average molecular weight is 342 g/mol. The molecule has 102 valence electrons. The van der Waals surface area contributed by atoms with Crippen molar-refractivity contribution in [3.05, 3.63) is 64.1 Å². The van der Waals surface area contributed by atoms with E-state index in [0.717, 1.165) is 16.6 Å². The molecule has 1 N–H and O–H groups in total. The van der Waals surface area contributed by atoms with Crippen LogP contribution >= 0.6 is 15.9 Å². The Bertz CT molecular complexity index is 857. The first-order valence-electron chi connectivity index (χ1n) is 6.19. The molecule has 0 aliphatic heterocycles. The number of nitriles is 1. The molecular weight excluding hydrogens is 333 g/mol. The second kappa shape index (κ2) is 5.51. The van der Waals surface area contributed by atoms with Gasteiger partial charge in [-0.3, -0.25) is 0 Å². The molecule has 0 fully saturated rings. The molecule has 0 unspecified atom stereocenters. The lowest BCUT2D eigenvalue weighted by atomic mass is 10.1. The van der Waals surface area contributed by atoms with Crippen molar-refractivity contribution in [2.45, 2.75) is 0 Å².